The maximum atomic E-state index is 5.74. The summed E-state index contributed by atoms with van der Waals surface area (Å²) >= 11 is 0. The lowest BCUT2D eigenvalue weighted by atomic mass is 10.1. The number of nitrogens with one attached hydrogen (secondary N) is 1. The quantitative estimate of drug-likeness (QED) is 0.787. The molecule has 1 rings (SSSR count). The van der Waals surface area contributed by atoms with Gasteiger partial charge in [0.1, 0.15) is 5.75 Å². The van der Waals surface area contributed by atoms with Crippen molar-refractivity contribution in [2.24, 2.45) is 0 Å². The zero-order valence-corrected chi connectivity index (χ0v) is 11.4. The maximum Gasteiger partial charge on any atom is 0.142 e. The molecule has 0 aliphatic rings. The summed E-state index contributed by atoms with van der Waals surface area (Å²) < 4.78 is 5.74. The van der Waals surface area contributed by atoms with E-state index in [9.17, 15) is 0 Å². The van der Waals surface area contributed by atoms with E-state index in [0.29, 0.717) is 6.61 Å². The molecule has 0 radical (unpaired) electrons. The third-order valence-corrected chi connectivity index (χ3v) is 2.81. The van der Waals surface area contributed by atoms with Gasteiger partial charge in [0, 0.05) is 19.6 Å². The van der Waals surface area contributed by atoms with Crippen LogP contribution in [0.2, 0.25) is 0 Å². The second-order valence-electron chi connectivity index (χ2n) is 3.94. The molecule has 0 aromatic heterocycles. The van der Waals surface area contributed by atoms with Gasteiger partial charge >= 0.3 is 0 Å². The molecule has 3 heteroatoms. The van der Waals surface area contributed by atoms with E-state index < -0.39 is 0 Å². The minimum Gasteiger partial charge on any atom is -0.492 e. The highest BCUT2D eigenvalue weighted by Gasteiger charge is 2.09. The average Bonchev–Trinajstić information content (AvgIpc) is 2.34. The summed E-state index contributed by atoms with van der Waals surface area (Å²) in [5, 5.41) is 3.16. The third kappa shape index (κ3) is 3.63. The zero-order valence-electron chi connectivity index (χ0n) is 11.4. The molecular formula is C14H24N2O. The van der Waals surface area contributed by atoms with E-state index in [1.54, 1.807) is 0 Å². The molecule has 0 atom stereocenters. The Bertz CT molecular complexity index is 335. The Hall–Kier alpha value is -1.22. The van der Waals surface area contributed by atoms with E-state index in [4.69, 9.17) is 4.74 Å². The molecule has 0 fully saturated rings. The maximum absolute atomic E-state index is 5.74. The topological polar surface area (TPSA) is 24.5 Å². The van der Waals surface area contributed by atoms with E-state index in [2.05, 4.69) is 42.3 Å². The van der Waals surface area contributed by atoms with Gasteiger partial charge in [0.15, 0.2) is 0 Å². The molecule has 0 aliphatic carbocycles. The van der Waals surface area contributed by atoms with Crippen LogP contribution >= 0.6 is 0 Å². The largest absolute Gasteiger partial charge is 0.492 e. The summed E-state index contributed by atoms with van der Waals surface area (Å²) in [6.07, 6.45) is 0. The molecule has 0 heterocycles. The second-order valence-corrected chi connectivity index (χ2v) is 3.94. The Balaban J connectivity index is 3.02. The normalized spacial score (nSPS) is 10.4. The van der Waals surface area contributed by atoms with E-state index in [-0.39, 0.29) is 0 Å². The number of ether oxygens (including phenoxy) is 1. The summed E-state index contributed by atoms with van der Waals surface area (Å²) in [4.78, 5) is 2.31. The van der Waals surface area contributed by atoms with Crippen LogP contribution in [0.25, 0.3) is 0 Å². The number of nitrogens with zero attached hydrogens (tertiary/aromatic N) is 1. The molecule has 0 saturated heterocycles. The van der Waals surface area contributed by atoms with Gasteiger partial charge in [-0.1, -0.05) is 6.07 Å². The first-order valence-electron chi connectivity index (χ1n) is 6.42. The summed E-state index contributed by atoms with van der Waals surface area (Å²) in [5.74, 6) is 0.990. The van der Waals surface area contributed by atoms with Crippen molar-refractivity contribution in [3.05, 3.63) is 23.8 Å². The lowest BCUT2D eigenvalue weighted by Crippen LogP contribution is -2.22. The highest BCUT2D eigenvalue weighted by molar-refractivity contribution is 5.59. The van der Waals surface area contributed by atoms with Crippen molar-refractivity contribution in [1.82, 2.24) is 5.32 Å². The Kier molecular flexibility index (Phi) is 5.84. The molecule has 0 saturated carbocycles. The van der Waals surface area contributed by atoms with E-state index in [1.807, 2.05) is 14.0 Å². The van der Waals surface area contributed by atoms with Crippen LogP contribution in [0.5, 0.6) is 5.75 Å². The number of rotatable bonds is 7. The van der Waals surface area contributed by atoms with Crippen LogP contribution in [0.1, 0.15) is 26.3 Å². The number of hydrogen-bond acceptors (Lipinski definition) is 3. The monoisotopic (exact) mass is 236 g/mol. The lowest BCUT2D eigenvalue weighted by molar-refractivity contribution is 0.340. The van der Waals surface area contributed by atoms with Gasteiger partial charge in [-0.05, 0) is 45.5 Å². The van der Waals surface area contributed by atoms with Gasteiger partial charge in [-0.3, -0.25) is 0 Å². The van der Waals surface area contributed by atoms with Gasteiger partial charge in [0.25, 0.3) is 0 Å². The smallest absolute Gasteiger partial charge is 0.142 e. The molecule has 0 bridgehead atoms. The summed E-state index contributed by atoms with van der Waals surface area (Å²) in [5.41, 5.74) is 2.45. The van der Waals surface area contributed by atoms with E-state index in [0.717, 1.165) is 25.4 Å². The SMILES string of the molecule is CCOc1cc(CNC)ccc1N(CC)CC. The zero-order chi connectivity index (χ0) is 12.7. The molecular weight excluding hydrogens is 212 g/mol. The summed E-state index contributed by atoms with van der Waals surface area (Å²) in [6.45, 7) is 9.94. The van der Waals surface area contributed by atoms with Crippen LogP contribution < -0.4 is 15.0 Å². The highest BCUT2D eigenvalue weighted by Crippen LogP contribution is 2.29. The molecule has 0 amide bonds. The molecule has 3 nitrogen and oxygen atoms in total. The fourth-order valence-corrected chi connectivity index (χ4v) is 1.97. The number of hydrogen-bond donors (Lipinski definition) is 1. The van der Waals surface area contributed by atoms with Crippen molar-refractivity contribution in [3.63, 3.8) is 0 Å². The predicted octanol–water partition coefficient (Wildman–Crippen LogP) is 2.65. The second kappa shape index (κ2) is 7.17. The highest BCUT2D eigenvalue weighted by atomic mass is 16.5. The van der Waals surface area contributed by atoms with Crippen molar-refractivity contribution in [1.29, 1.82) is 0 Å². The number of anilines is 1. The van der Waals surface area contributed by atoms with Crippen molar-refractivity contribution in [3.8, 4) is 5.75 Å². The predicted molar refractivity (Wildman–Crippen MR) is 73.9 cm³/mol. The van der Waals surface area contributed by atoms with Crippen molar-refractivity contribution < 1.29 is 4.74 Å². The molecule has 17 heavy (non-hydrogen) atoms. The van der Waals surface area contributed by atoms with Crippen LogP contribution in [-0.2, 0) is 6.54 Å². The first kappa shape index (κ1) is 13.8. The molecule has 96 valence electrons. The molecule has 0 unspecified atom stereocenters. The van der Waals surface area contributed by atoms with Crippen LogP contribution in [0.3, 0.4) is 0 Å². The van der Waals surface area contributed by atoms with E-state index in [1.165, 1.54) is 11.3 Å². The van der Waals surface area contributed by atoms with Gasteiger partial charge in [-0.15, -0.1) is 0 Å². The van der Waals surface area contributed by atoms with Crippen LogP contribution in [0.15, 0.2) is 18.2 Å². The molecule has 0 spiro atoms. The van der Waals surface area contributed by atoms with Crippen LogP contribution in [0, 0.1) is 0 Å². The van der Waals surface area contributed by atoms with Crippen LogP contribution in [-0.4, -0.2) is 26.7 Å². The molecule has 1 aromatic rings. The lowest BCUT2D eigenvalue weighted by Gasteiger charge is -2.24. The van der Waals surface area contributed by atoms with Crippen molar-refractivity contribution in [2.75, 3.05) is 31.6 Å². The molecule has 0 aliphatic heterocycles. The van der Waals surface area contributed by atoms with Gasteiger partial charge in [-0.2, -0.15) is 0 Å². The van der Waals surface area contributed by atoms with Gasteiger partial charge in [-0.25, -0.2) is 0 Å². The van der Waals surface area contributed by atoms with Gasteiger partial charge in [0.2, 0.25) is 0 Å². The minimum absolute atomic E-state index is 0.706. The Labute approximate surface area is 105 Å². The van der Waals surface area contributed by atoms with Gasteiger partial charge in [0.05, 0.1) is 12.3 Å². The summed E-state index contributed by atoms with van der Waals surface area (Å²) in [6, 6.07) is 6.45. The van der Waals surface area contributed by atoms with Crippen molar-refractivity contribution in [2.45, 2.75) is 27.3 Å². The fourth-order valence-electron chi connectivity index (χ4n) is 1.97. The standard InChI is InChI=1S/C14H24N2O/c1-5-16(6-2)13-9-8-12(11-15-4)10-14(13)17-7-3/h8-10,15H,5-7,11H2,1-4H3. The van der Waals surface area contributed by atoms with Gasteiger partial charge < -0.3 is 15.0 Å². The van der Waals surface area contributed by atoms with Crippen LogP contribution in [0.4, 0.5) is 5.69 Å². The fraction of sp³-hybridized carbons (Fsp3) is 0.571. The Morgan fingerprint density at radius 2 is 1.88 bits per heavy atom. The third-order valence-electron chi connectivity index (χ3n) is 2.81. The molecule has 1 N–H and O–H groups in total. The first-order valence-corrected chi connectivity index (χ1v) is 6.42. The number of benzene rings is 1. The molecule has 1 aromatic carbocycles. The Morgan fingerprint density at radius 3 is 2.41 bits per heavy atom. The Morgan fingerprint density at radius 1 is 1.18 bits per heavy atom. The minimum atomic E-state index is 0.706. The first-order chi connectivity index (χ1) is 8.26. The average molecular weight is 236 g/mol. The van der Waals surface area contributed by atoms with Crippen molar-refractivity contribution >= 4 is 5.69 Å². The van der Waals surface area contributed by atoms with E-state index >= 15 is 0 Å². The summed E-state index contributed by atoms with van der Waals surface area (Å²) in [7, 11) is 1.96.